The smallest absolute Gasteiger partial charge is 0.225 e. The molecule has 3 rings (SSSR count). The van der Waals surface area contributed by atoms with Crippen LogP contribution in [0.25, 0.3) is 16.6 Å². The zero-order valence-electron chi connectivity index (χ0n) is 11.0. The van der Waals surface area contributed by atoms with Gasteiger partial charge in [0.05, 0.1) is 23.2 Å². The van der Waals surface area contributed by atoms with Gasteiger partial charge in [-0.25, -0.2) is 4.39 Å². The van der Waals surface area contributed by atoms with Crippen LogP contribution >= 0.6 is 0 Å². The monoisotopic (exact) mass is 275 g/mol. The van der Waals surface area contributed by atoms with Gasteiger partial charge in [-0.3, -0.25) is 5.41 Å². The normalized spacial score (nSPS) is 11.5. The quantitative estimate of drug-likeness (QED) is 0.744. The zero-order chi connectivity index (χ0) is 14.1. The van der Waals surface area contributed by atoms with Gasteiger partial charge in [0.15, 0.2) is 0 Å². The summed E-state index contributed by atoms with van der Waals surface area (Å²) in [6, 6.07) is 5.94. The van der Waals surface area contributed by atoms with Gasteiger partial charge in [-0.1, -0.05) is 6.92 Å². The Kier molecular flexibility index (Phi) is 3.23. The van der Waals surface area contributed by atoms with Crippen molar-refractivity contribution >= 4 is 16.6 Å². The van der Waals surface area contributed by atoms with Gasteiger partial charge in [0.25, 0.3) is 0 Å². The second-order valence-electron chi connectivity index (χ2n) is 4.53. The Bertz CT molecular complexity index is 822. The Morgan fingerprint density at radius 1 is 1.40 bits per heavy atom. The molecule has 3 aromatic rings. The molecule has 104 valence electrons. The molecule has 6 heteroatoms. The fourth-order valence-electron chi connectivity index (χ4n) is 2.08. The van der Waals surface area contributed by atoms with E-state index in [1.165, 1.54) is 12.1 Å². The van der Waals surface area contributed by atoms with Gasteiger partial charge in [-0.05, 0) is 24.6 Å². The lowest BCUT2D eigenvalue weighted by molar-refractivity contribution is 0.119. The van der Waals surface area contributed by atoms with Crippen LogP contribution in [-0.4, -0.2) is 16.2 Å². The standard InChI is InChI=1S/C14H14FN3O2/c1-2-5-19-8-10-7-13-18(17-10)12-4-3-9(15)6-11(12)14(16)20-13/h3-4,6-7,16H,2,5,8H2,1H3. The summed E-state index contributed by atoms with van der Waals surface area (Å²) >= 11 is 0. The molecule has 0 spiro atoms. The molecule has 0 bridgehead atoms. The number of nitrogens with zero attached hydrogens (tertiary/aromatic N) is 2. The maximum absolute atomic E-state index is 13.3. The molecule has 2 aromatic heterocycles. The molecular weight excluding hydrogens is 261 g/mol. The first kappa shape index (κ1) is 12.8. The van der Waals surface area contributed by atoms with Gasteiger partial charge in [0.1, 0.15) is 5.82 Å². The van der Waals surface area contributed by atoms with Crippen molar-refractivity contribution < 1.29 is 13.5 Å². The van der Waals surface area contributed by atoms with Gasteiger partial charge in [0, 0.05) is 12.7 Å². The van der Waals surface area contributed by atoms with Crippen molar-refractivity contribution in [3.63, 3.8) is 0 Å². The Labute approximate surface area is 114 Å². The van der Waals surface area contributed by atoms with Gasteiger partial charge in [-0.2, -0.15) is 9.61 Å². The number of benzene rings is 1. The SMILES string of the molecule is CCCOCc1cc2oc(=N)c3cc(F)ccc3n2n1. The third kappa shape index (κ3) is 2.18. The molecular formula is C14H14FN3O2. The third-order valence-electron chi connectivity index (χ3n) is 2.96. The predicted molar refractivity (Wildman–Crippen MR) is 70.7 cm³/mol. The number of aromatic nitrogens is 2. The van der Waals surface area contributed by atoms with E-state index in [0.717, 1.165) is 12.1 Å². The number of nitrogens with one attached hydrogen (secondary N) is 1. The van der Waals surface area contributed by atoms with E-state index in [4.69, 9.17) is 14.6 Å². The highest BCUT2D eigenvalue weighted by molar-refractivity contribution is 5.78. The van der Waals surface area contributed by atoms with E-state index in [9.17, 15) is 4.39 Å². The second-order valence-corrected chi connectivity index (χ2v) is 4.53. The van der Waals surface area contributed by atoms with Crippen molar-refractivity contribution in [3.8, 4) is 0 Å². The van der Waals surface area contributed by atoms with E-state index >= 15 is 0 Å². The van der Waals surface area contributed by atoms with E-state index < -0.39 is 5.82 Å². The van der Waals surface area contributed by atoms with Crippen LogP contribution in [0.15, 0.2) is 28.7 Å². The Hall–Kier alpha value is -2.21. The lowest BCUT2D eigenvalue weighted by Gasteiger charge is -2.00. The van der Waals surface area contributed by atoms with Crippen LogP contribution in [0.1, 0.15) is 19.0 Å². The molecule has 0 radical (unpaired) electrons. The van der Waals surface area contributed by atoms with Gasteiger partial charge >= 0.3 is 0 Å². The van der Waals surface area contributed by atoms with Crippen LogP contribution in [0.4, 0.5) is 4.39 Å². The number of hydrogen-bond donors (Lipinski definition) is 1. The van der Waals surface area contributed by atoms with E-state index in [0.29, 0.717) is 29.8 Å². The van der Waals surface area contributed by atoms with Gasteiger partial charge in [-0.15, -0.1) is 0 Å². The highest BCUT2D eigenvalue weighted by atomic mass is 19.1. The number of fused-ring (bicyclic) bond motifs is 3. The van der Waals surface area contributed by atoms with Crippen LogP contribution in [0.5, 0.6) is 0 Å². The van der Waals surface area contributed by atoms with Crippen LogP contribution in [0.2, 0.25) is 0 Å². The first-order valence-electron chi connectivity index (χ1n) is 6.42. The highest BCUT2D eigenvalue weighted by Crippen LogP contribution is 2.15. The number of ether oxygens (including phenoxy) is 1. The number of halogens is 1. The second kappa shape index (κ2) is 5.05. The van der Waals surface area contributed by atoms with Crippen LogP contribution in [-0.2, 0) is 11.3 Å². The van der Waals surface area contributed by atoms with Crippen molar-refractivity contribution in [2.75, 3.05) is 6.61 Å². The minimum atomic E-state index is -0.404. The Morgan fingerprint density at radius 2 is 2.25 bits per heavy atom. The molecule has 0 fully saturated rings. The van der Waals surface area contributed by atoms with E-state index in [2.05, 4.69) is 5.10 Å². The Balaban J connectivity index is 2.13. The van der Waals surface area contributed by atoms with Crippen molar-refractivity contribution in [1.29, 1.82) is 5.41 Å². The average molecular weight is 275 g/mol. The summed E-state index contributed by atoms with van der Waals surface area (Å²) in [4.78, 5) is 0. The zero-order valence-corrected chi connectivity index (χ0v) is 11.0. The molecule has 5 nitrogen and oxygen atoms in total. The van der Waals surface area contributed by atoms with Gasteiger partial charge < -0.3 is 9.15 Å². The molecule has 0 aliphatic heterocycles. The molecule has 0 saturated heterocycles. The molecule has 0 aliphatic carbocycles. The Morgan fingerprint density at radius 3 is 3.05 bits per heavy atom. The van der Waals surface area contributed by atoms with E-state index in [1.807, 2.05) is 6.92 Å². The predicted octanol–water partition coefficient (Wildman–Crippen LogP) is 2.63. The van der Waals surface area contributed by atoms with Crippen molar-refractivity contribution in [2.45, 2.75) is 20.0 Å². The molecule has 0 saturated carbocycles. The van der Waals surface area contributed by atoms with Crippen LogP contribution in [0, 0.1) is 11.2 Å². The average Bonchev–Trinajstić information content (AvgIpc) is 2.82. The summed E-state index contributed by atoms with van der Waals surface area (Å²) in [6.45, 7) is 3.09. The minimum absolute atomic E-state index is 0.0760. The lowest BCUT2D eigenvalue weighted by Crippen LogP contribution is -2.05. The van der Waals surface area contributed by atoms with Crippen molar-refractivity contribution in [3.05, 3.63) is 41.3 Å². The topological polar surface area (TPSA) is 63.5 Å². The van der Waals surface area contributed by atoms with Crippen molar-refractivity contribution in [1.82, 2.24) is 9.61 Å². The fourth-order valence-corrected chi connectivity index (χ4v) is 2.08. The highest BCUT2D eigenvalue weighted by Gasteiger charge is 2.10. The molecule has 0 amide bonds. The van der Waals surface area contributed by atoms with E-state index in [-0.39, 0.29) is 5.55 Å². The number of hydrogen-bond acceptors (Lipinski definition) is 4. The third-order valence-corrected chi connectivity index (χ3v) is 2.96. The largest absolute Gasteiger partial charge is 0.420 e. The van der Waals surface area contributed by atoms with Crippen LogP contribution in [0.3, 0.4) is 0 Å². The maximum Gasteiger partial charge on any atom is 0.225 e. The van der Waals surface area contributed by atoms with Gasteiger partial charge in [0.2, 0.25) is 11.3 Å². The molecule has 20 heavy (non-hydrogen) atoms. The summed E-state index contributed by atoms with van der Waals surface area (Å²) in [7, 11) is 0. The van der Waals surface area contributed by atoms with Crippen LogP contribution < -0.4 is 5.55 Å². The maximum atomic E-state index is 13.3. The first-order valence-corrected chi connectivity index (χ1v) is 6.42. The number of rotatable bonds is 4. The molecule has 0 atom stereocenters. The first-order chi connectivity index (χ1) is 9.69. The summed E-state index contributed by atoms with van der Waals surface area (Å²) in [5.74, 6) is -0.404. The summed E-state index contributed by atoms with van der Waals surface area (Å²) in [6.07, 6.45) is 0.941. The molecule has 0 aliphatic rings. The van der Waals surface area contributed by atoms with E-state index in [1.54, 1.807) is 16.6 Å². The molecule has 1 N–H and O–H groups in total. The summed E-state index contributed by atoms with van der Waals surface area (Å²) in [5, 5.41) is 12.6. The lowest BCUT2D eigenvalue weighted by atomic mass is 10.2. The summed E-state index contributed by atoms with van der Waals surface area (Å²) < 4.78 is 25.6. The fraction of sp³-hybridized carbons (Fsp3) is 0.286. The molecule has 2 heterocycles. The molecule has 0 unspecified atom stereocenters. The van der Waals surface area contributed by atoms with Crippen molar-refractivity contribution in [2.24, 2.45) is 0 Å². The molecule has 1 aromatic carbocycles. The summed E-state index contributed by atoms with van der Waals surface area (Å²) in [5.41, 5.74) is 1.73. The minimum Gasteiger partial charge on any atom is -0.420 e.